The number of rotatable bonds is 17. The summed E-state index contributed by atoms with van der Waals surface area (Å²) in [5.41, 5.74) is 2.29. The summed E-state index contributed by atoms with van der Waals surface area (Å²) in [7, 11) is 0. The number of carbonyl (C=O) groups is 4. The lowest BCUT2D eigenvalue weighted by Gasteiger charge is -2.25. The van der Waals surface area contributed by atoms with E-state index in [1.165, 1.54) is 0 Å². The number of anilines is 1. The lowest BCUT2D eigenvalue weighted by molar-refractivity contribution is -0.143. The number of hydrogen-bond donors (Lipinski definition) is 4. The van der Waals surface area contributed by atoms with Crippen LogP contribution in [0.15, 0.2) is 42.5 Å². The second-order valence-corrected chi connectivity index (χ2v) is 10.7. The van der Waals surface area contributed by atoms with Gasteiger partial charge in [-0.2, -0.15) is 0 Å². The fraction of sp³-hybridized carbons (Fsp3) is 0.448. The molecule has 0 fully saturated rings. The number of nitrogens with one attached hydrogen (secondary N) is 2. The van der Waals surface area contributed by atoms with E-state index < -0.39 is 42.3 Å². The Labute approximate surface area is 250 Å². The Morgan fingerprint density at radius 2 is 1.51 bits per heavy atom. The zero-order chi connectivity index (χ0) is 30.5. The van der Waals surface area contributed by atoms with Crippen molar-refractivity contribution < 1.29 is 34.1 Å². The van der Waals surface area contributed by atoms with E-state index >= 15 is 0 Å². The number of carboxylic acid groups (broad SMARTS) is 2. The first-order valence-corrected chi connectivity index (χ1v) is 14.3. The highest BCUT2D eigenvalue weighted by atomic mass is 35.5. The van der Waals surface area contributed by atoms with Crippen LogP contribution in [0.5, 0.6) is 11.5 Å². The molecule has 0 heterocycles. The Kier molecular flexibility index (Phi) is 13.7. The number of amides is 2. The second-order valence-electron chi connectivity index (χ2n) is 9.93. The quantitative estimate of drug-likeness (QED) is 0.190. The largest absolute Gasteiger partial charge is 0.481 e. The molecule has 0 saturated heterocycles. The van der Waals surface area contributed by atoms with Crippen molar-refractivity contribution in [2.75, 3.05) is 29.7 Å². The zero-order valence-corrected chi connectivity index (χ0v) is 24.9. The minimum atomic E-state index is -1.39. The maximum atomic E-state index is 12.9. The molecule has 12 heteroatoms. The van der Waals surface area contributed by atoms with Crippen LogP contribution in [0.25, 0.3) is 0 Å². The molecule has 224 valence electrons. The van der Waals surface area contributed by atoms with Crippen LogP contribution in [0, 0.1) is 12.8 Å². The first-order valence-electron chi connectivity index (χ1n) is 13.3. The normalized spacial score (nSPS) is 12.3. The Morgan fingerprint density at radius 3 is 2.02 bits per heavy atom. The summed E-state index contributed by atoms with van der Waals surface area (Å²) in [6.45, 7) is 7.03. The molecule has 0 unspecified atom stereocenters. The van der Waals surface area contributed by atoms with Gasteiger partial charge in [0, 0.05) is 42.5 Å². The molecule has 0 spiro atoms. The van der Waals surface area contributed by atoms with Gasteiger partial charge >= 0.3 is 11.9 Å². The third-order valence-electron chi connectivity index (χ3n) is 6.16. The number of benzene rings is 2. The number of carbonyl (C=O) groups excluding carboxylic acids is 2. The van der Waals surface area contributed by atoms with Gasteiger partial charge in [-0.15, -0.1) is 23.2 Å². The fourth-order valence-electron chi connectivity index (χ4n) is 4.16. The molecule has 0 aliphatic carbocycles. The van der Waals surface area contributed by atoms with E-state index in [1.54, 1.807) is 24.3 Å². The van der Waals surface area contributed by atoms with E-state index in [0.717, 1.165) is 11.3 Å². The molecule has 0 saturated carbocycles. The number of hydrogen-bond acceptors (Lipinski definition) is 6. The van der Waals surface area contributed by atoms with Gasteiger partial charge in [-0.3, -0.25) is 14.4 Å². The number of aryl methyl sites for hydroxylation is 1. The van der Waals surface area contributed by atoms with Crippen LogP contribution >= 0.6 is 23.2 Å². The number of ether oxygens (including phenoxy) is 1. The predicted molar refractivity (Wildman–Crippen MR) is 158 cm³/mol. The Morgan fingerprint density at radius 1 is 0.902 bits per heavy atom. The lowest BCUT2D eigenvalue weighted by Crippen LogP contribution is -2.52. The standard InChI is InChI=1S/C29H37Cl2N3O7/c1-18(2)16-24(28(38)32-23(29(39)40)9-11-26(35)36)33-27(37)20-4-6-21(7-5-20)41-22-8-10-25(19(3)17-22)34(14-12-30)15-13-31/h4-8,10,17-18,23-24H,9,11-16H2,1-3H3,(H,32,38)(H,33,37)(H,35,36)(H,39,40)/t23-,24-/m0/s1. The summed E-state index contributed by atoms with van der Waals surface area (Å²) < 4.78 is 5.96. The third-order valence-corrected chi connectivity index (χ3v) is 6.50. The summed E-state index contributed by atoms with van der Waals surface area (Å²) in [4.78, 5) is 50.2. The van der Waals surface area contributed by atoms with Crippen molar-refractivity contribution in [1.82, 2.24) is 10.6 Å². The smallest absolute Gasteiger partial charge is 0.326 e. The van der Waals surface area contributed by atoms with Gasteiger partial charge in [0.25, 0.3) is 5.91 Å². The molecule has 4 N–H and O–H groups in total. The van der Waals surface area contributed by atoms with Crippen molar-refractivity contribution in [3.63, 3.8) is 0 Å². The maximum Gasteiger partial charge on any atom is 0.326 e. The van der Waals surface area contributed by atoms with Gasteiger partial charge < -0.3 is 30.5 Å². The van der Waals surface area contributed by atoms with Crippen LogP contribution in [0.4, 0.5) is 5.69 Å². The minimum absolute atomic E-state index is 0.0101. The van der Waals surface area contributed by atoms with Gasteiger partial charge in [0.1, 0.15) is 23.6 Å². The lowest BCUT2D eigenvalue weighted by atomic mass is 10.0. The van der Waals surface area contributed by atoms with Crippen molar-refractivity contribution in [1.29, 1.82) is 0 Å². The predicted octanol–water partition coefficient (Wildman–Crippen LogP) is 4.65. The van der Waals surface area contributed by atoms with Gasteiger partial charge in [-0.05, 0) is 73.7 Å². The number of alkyl halides is 2. The van der Waals surface area contributed by atoms with E-state index in [1.807, 2.05) is 39.0 Å². The summed E-state index contributed by atoms with van der Waals surface area (Å²) in [6.07, 6.45) is -0.439. The molecule has 2 atom stereocenters. The van der Waals surface area contributed by atoms with Crippen molar-refractivity contribution in [2.45, 2.75) is 52.1 Å². The fourth-order valence-corrected chi connectivity index (χ4v) is 4.56. The van der Waals surface area contributed by atoms with Crippen LogP contribution in [0.2, 0.25) is 0 Å². The monoisotopic (exact) mass is 609 g/mol. The van der Waals surface area contributed by atoms with E-state index in [4.69, 9.17) is 33.0 Å². The van der Waals surface area contributed by atoms with Gasteiger partial charge in [-0.25, -0.2) is 4.79 Å². The van der Waals surface area contributed by atoms with Gasteiger partial charge in [-0.1, -0.05) is 13.8 Å². The molecule has 0 radical (unpaired) electrons. The minimum Gasteiger partial charge on any atom is -0.481 e. The highest BCUT2D eigenvalue weighted by Crippen LogP contribution is 2.28. The number of aliphatic carboxylic acids is 2. The third kappa shape index (κ3) is 11.1. The molecule has 2 rings (SSSR count). The van der Waals surface area contributed by atoms with E-state index in [2.05, 4.69) is 15.5 Å². The molecular weight excluding hydrogens is 573 g/mol. The van der Waals surface area contributed by atoms with Crippen molar-refractivity contribution in [3.05, 3.63) is 53.6 Å². The highest BCUT2D eigenvalue weighted by molar-refractivity contribution is 6.18. The molecule has 0 aliphatic heterocycles. The summed E-state index contributed by atoms with van der Waals surface area (Å²) >= 11 is 11.9. The molecule has 0 aromatic heterocycles. The van der Waals surface area contributed by atoms with E-state index in [0.29, 0.717) is 36.3 Å². The van der Waals surface area contributed by atoms with Gasteiger partial charge in [0.05, 0.1) is 0 Å². The van der Waals surface area contributed by atoms with Crippen LogP contribution in [0.3, 0.4) is 0 Å². The topological polar surface area (TPSA) is 145 Å². The van der Waals surface area contributed by atoms with Crippen LogP contribution < -0.4 is 20.3 Å². The first-order chi connectivity index (χ1) is 19.4. The molecular formula is C29H37Cl2N3O7. The SMILES string of the molecule is Cc1cc(Oc2ccc(C(=O)N[C@@H](CC(C)C)C(=O)N[C@@H](CCC(=O)O)C(=O)O)cc2)ccc1N(CCCl)CCCl. The second kappa shape index (κ2) is 16.7. The molecule has 2 aromatic carbocycles. The summed E-state index contributed by atoms with van der Waals surface area (Å²) in [6, 6.07) is 9.69. The highest BCUT2D eigenvalue weighted by Gasteiger charge is 2.28. The Hall–Kier alpha value is -3.50. The Balaban J connectivity index is 2.09. The van der Waals surface area contributed by atoms with E-state index in [-0.39, 0.29) is 24.3 Å². The molecule has 10 nitrogen and oxygen atoms in total. The number of carboxylic acids is 2. The van der Waals surface area contributed by atoms with E-state index in [9.17, 15) is 24.3 Å². The average Bonchev–Trinajstić information content (AvgIpc) is 2.90. The molecule has 2 aromatic rings. The molecule has 0 aliphatic rings. The average molecular weight is 611 g/mol. The van der Waals surface area contributed by atoms with Crippen molar-refractivity contribution in [2.24, 2.45) is 5.92 Å². The maximum absolute atomic E-state index is 12.9. The van der Waals surface area contributed by atoms with Crippen molar-refractivity contribution >= 4 is 52.6 Å². The molecule has 2 amide bonds. The van der Waals surface area contributed by atoms with Crippen LogP contribution in [0.1, 0.15) is 49.0 Å². The molecule has 0 bridgehead atoms. The molecule has 41 heavy (non-hydrogen) atoms. The number of nitrogens with zero attached hydrogens (tertiary/aromatic N) is 1. The van der Waals surface area contributed by atoms with Crippen LogP contribution in [-0.2, 0) is 14.4 Å². The van der Waals surface area contributed by atoms with Crippen LogP contribution in [-0.4, -0.2) is 70.9 Å². The van der Waals surface area contributed by atoms with Gasteiger partial charge in [0.2, 0.25) is 5.91 Å². The van der Waals surface area contributed by atoms with Gasteiger partial charge in [0.15, 0.2) is 0 Å². The Bertz CT molecular complexity index is 1190. The summed E-state index contributed by atoms with van der Waals surface area (Å²) in [5, 5.41) is 23.2. The van der Waals surface area contributed by atoms with Crippen molar-refractivity contribution in [3.8, 4) is 11.5 Å². The first kappa shape index (κ1) is 33.7. The number of halogens is 2. The zero-order valence-electron chi connectivity index (χ0n) is 23.4. The summed E-state index contributed by atoms with van der Waals surface area (Å²) in [5.74, 6) is -1.65.